The van der Waals surface area contributed by atoms with Crippen molar-refractivity contribution in [2.24, 2.45) is 7.05 Å². The Kier molecular flexibility index (Phi) is 6.48. The van der Waals surface area contributed by atoms with E-state index < -0.39 is 17.5 Å². The Morgan fingerprint density at radius 2 is 2.00 bits per heavy atom. The lowest BCUT2D eigenvalue weighted by molar-refractivity contribution is 0.0853. The first kappa shape index (κ1) is 21.9. The molecule has 0 aliphatic carbocycles. The van der Waals surface area contributed by atoms with Crippen molar-refractivity contribution < 1.29 is 14.6 Å². The molecule has 9 heteroatoms. The zero-order valence-corrected chi connectivity index (χ0v) is 18.2. The number of carbonyl (C=O) groups is 1. The van der Waals surface area contributed by atoms with Gasteiger partial charge in [0, 0.05) is 31.9 Å². The van der Waals surface area contributed by atoms with Crippen LogP contribution in [0, 0.1) is 0 Å². The minimum absolute atomic E-state index is 0.0485. The van der Waals surface area contributed by atoms with E-state index in [4.69, 9.17) is 4.74 Å². The Hall–Kier alpha value is -3.30. The predicted molar refractivity (Wildman–Crippen MR) is 119 cm³/mol. The van der Waals surface area contributed by atoms with Gasteiger partial charge in [-0.2, -0.15) is 14.9 Å². The SMILES string of the molecule is C[C@@H](CO)NC(=O)c1cc(-c2ccc(C3CCOCC3)cc2)nn(-c2cnn(C)c2)c1=O. The maximum Gasteiger partial charge on any atom is 0.284 e. The monoisotopic (exact) mass is 437 g/mol. The lowest BCUT2D eigenvalue weighted by Gasteiger charge is -2.22. The zero-order chi connectivity index (χ0) is 22.7. The third-order valence-electron chi connectivity index (χ3n) is 5.64. The molecule has 0 saturated carbocycles. The molecule has 9 nitrogen and oxygen atoms in total. The highest BCUT2D eigenvalue weighted by Crippen LogP contribution is 2.28. The topological polar surface area (TPSA) is 111 Å². The number of hydrogen-bond acceptors (Lipinski definition) is 6. The van der Waals surface area contributed by atoms with Crippen LogP contribution in [0.3, 0.4) is 0 Å². The molecule has 4 rings (SSSR count). The molecule has 1 aliphatic rings. The highest BCUT2D eigenvalue weighted by atomic mass is 16.5. The first-order valence-electron chi connectivity index (χ1n) is 10.7. The summed E-state index contributed by atoms with van der Waals surface area (Å²) in [6.07, 6.45) is 5.17. The van der Waals surface area contributed by atoms with Gasteiger partial charge in [0.05, 0.1) is 24.7 Å². The van der Waals surface area contributed by atoms with Gasteiger partial charge in [-0.1, -0.05) is 24.3 Å². The molecule has 3 heterocycles. The summed E-state index contributed by atoms with van der Waals surface area (Å²) in [5, 5.41) is 20.5. The van der Waals surface area contributed by atoms with E-state index in [9.17, 15) is 14.7 Å². The molecule has 1 fully saturated rings. The average Bonchev–Trinajstić information content (AvgIpc) is 3.25. The van der Waals surface area contributed by atoms with Gasteiger partial charge in [0.25, 0.3) is 11.5 Å². The van der Waals surface area contributed by atoms with Gasteiger partial charge in [0.15, 0.2) is 0 Å². The third-order valence-corrected chi connectivity index (χ3v) is 5.64. The Morgan fingerprint density at radius 3 is 2.62 bits per heavy atom. The molecule has 168 valence electrons. The molecular formula is C23H27N5O4. The van der Waals surface area contributed by atoms with Crippen LogP contribution in [-0.4, -0.2) is 56.4 Å². The fraction of sp³-hybridized carbons (Fsp3) is 0.391. The summed E-state index contributed by atoms with van der Waals surface area (Å²) in [5.74, 6) is -0.0897. The molecule has 0 spiro atoms. The molecule has 2 aromatic heterocycles. The van der Waals surface area contributed by atoms with E-state index in [1.807, 2.05) is 12.1 Å². The van der Waals surface area contributed by atoms with Gasteiger partial charge in [0.1, 0.15) is 11.3 Å². The molecule has 3 aromatic rings. The van der Waals surface area contributed by atoms with Crippen LogP contribution in [0.2, 0.25) is 0 Å². The molecular weight excluding hydrogens is 410 g/mol. The molecule has 0 radical (unpaired) electrons. The van der Waals surface area contributed by atoms with E-state index >= 15 is 0 Å². The standard InChI is InChI=1S/C23H27N5O4/c1-15(14-29)25-22(30)20-11-21(26-28(23(20)31)19-12-24-27(2)13-19)18-5-3-16(4-6-18)17-7-9-32-10-8-17/h3-6,11-13,15,17,29H,7-10,14H2,1-2H3,(H,25,30)/t15-/m0/s1. The van der Waals surface area contributed by atoms with Crippen LogP contribution in [0.15, 0.2) is 47.5 Å². The van der Waals surface area contributed by atoms with Crippen molar-refractivity contribution in [2.45, 2.75) is 31.7 Å². The molecule has 1 saturated heterocycles. The number of nitrogens with one attached hydrogen (secondary N) is 1. The Balaban J connectivity index is 1.74. The quantitative estimate of drug-likeness (QED) is 0.607. The predicted octanol–water partition coefficient (Wildman–Crippen LogP) is 1.64. The summed E-state index contributed by atoms with van der Waals surface area (Å²) in [6.45, 7) is 2.98. The number of benzene rings is 1. The van der Waals surface area contributed by atoms with Crippen LogP contribution in [0.4, 0.5) is 0 Å². The number of rotatable bonds is 6. The lowest BCUT2D eigenvalue weighted by atomic mass is 9.91. The molecule has 0 bridgehead atoms. The second-order valence-electron chi connectivity index (χ2n) is 8.10. The summed E-state index contributed by atoms with van der Waals surface area (Å²) < 4.78 is 8.20. The van der Waals surface area contributed by atoms with Crippen LogP contribution < -0.4 is 10.9 Å². The largest absolute Gasteiger partial charge is 0.394 e. The van der Waals surface area contributed by atoms with Gasteiger partial charge in [0.2, 0.25) is 0 Å². The van der Waals surface area contributed by atoms with Crippen molar-refractivity contribution in [1.82, 2.24) is 24.9 Å². The number of ether oxygens (including phenoxy) is 1. The van der Waals surface area contributed by atoms with Crippen LogP contribution in [0.25, 0.3) is 16.9 Å². The van der Waals surface area contributed by atoms with Crippen molar-refractivity contribution in [1.29, 1.82) is 0 Å². The maximum absolute atomic E-state index is 13.1. The normalized spacial score (nSPS) is 15.5. The van der Waals surface area contributed by atoms with E-state index in [2.05, 4.69) is 27.6 Å². The number of aryl methyl sites for hydroxylation is 1. The van der Waals surface area contributed by atoms with Gasteiger partial charge in [-0.15, -0.1) is 0 Å². The second-order valence-corrected chi connectivity index (χ2v) is 8.10. The van der Waals surface area contributed by atoms with Crippen LogP contribution >= 0.6 is 0 Å². The number of hydrogen-bond donors (Lipinski definition) is 2. The van der Waals surface area contributed by atoms with Crippen molar-refractivity contribution in [3.63, 3.8) is 0 Å². The summed E-state index contributed by atoms with van der Waals surface area (Å²) in [6, 6.07) is 9.08. The van der Waals surface area contributed by atoms with Crippen molar-refractivity contribution >= 4 is 5.91 Å². The van der Waals surface area contributed by atoms with Gasteiger partial charge in [-0.25, -0.2) is 0 Å². The summed E-state index contributed by atoms with van der Waals surface area (Å²) in [4.78, 5) is 25.8. The minimum atomic E-state index is -0.559. The van der Waals surface area contributed by atoms with Crippen molar-refractivity contribution in [3.8, 4) is 16.9 Å². The lowest BCUT2D eigenvalue weighted by Crippen LogP contribution is -2.39. The number of amides is 1. The van der Waals surface area contributed by atoms with Crippen molar-refractivity contribution in [2.75, 3.05) is 19.8 Å². The fourth-order valence-electron chi connectivity index (χ4n) is 3.80. The summed E-state index contributed by atoms with van der Waals surface area (Å²) in [5.41, 5.74) is 2.39. The molecule has 1 amide bonds. The minimum Gasteiger partial charge on any atom is -0.394 e. The van der Waals surface area contributed by atoms with Gasteiger partial charge >= 0.3 is 0 Å². The molecule has 0 unspecified atom stereocenters. The van der Waals surface area contributed by atoms with E-state index in [1.165, 1.54) is 22.5 Å². The zero-order valence-electron chi connectivity index (χ0n) is 18.2. The first-order chi connectivity index (χ1) is 15.5. The molecule has 2 N–H and O–H groups in total. The number of aliphatic hydroxyl groups excluding tert-OH is 1. The van der Waals surface area contributed by atoms with Crippen LogP contribution in [-0.2, 0) is 11.8 Å². The maximum atomic E-state index is 13.1. The number of nitrogens with zero attached hydrogens (tertiary/aromatic N) is 4. The van der Waals surface area contributed by atoms with E-state index in [0.717, 1.165) is 31.6 Å². The van der Waals surface area contributed by atoms with Crippen LogP contribution in [0.1, 0.15) is 41.6 Å². The first-order valence-corrected chi connectivity index (χ1v) is 10.7. The molecule has 32 heavy (non-hydrogen) atoms. The third kappa shape index (κ3) is 4.63. The number of aromatic nitrogens is 4. The summed E-state index contributed by atoms with van der Waals surface area (Å²) >= 11 is 0. The molecule has 1 aromatic carbocycles. The van der Waals surface area contributed by atoms with Gasteiger partial charge in [-0.3, -0.25) is 14.3 Å². The van der Waals surface area contributed by atoms with E-state index in [0.29, 0.717) is 17.3 Å². The average molecular weight is 438 g/mol. The second kappa shape index (κ2) is 9.46. The van der Waals surface area contributed by atoms with Crippen molar-refractivity contribution in [3.05, 3.63) is 64.2 Å². The van der Waals surface area contributed by atoms with Crippen LogP contribution in [0.5, 0.6) is 0 Å². The highest BCUT2D eigenvalue weighted by molar-refractivity contribution is 5.95. The van der Waals surface area contributed by atoms with E-state index in [1.54, 1.807) is 24.9 Å². The van der Waals surface area contributed by atoms with E-state index in [-0.39, 0.29) is 12.2 Å². The molecule has 1 aliphatic heterocycles. The van der Waals surface area contributed by atoms with Gasteiger partial charge < -0.3 is 15.2 Å². The van der Waals surface area contributed by atoms with Gasteiger partial charge in [-0.05, 0) is 37.3 Å². The Bertz CT molecular complexity index is 1150. The fourth-order valence-corrected chi connectivity index (χ4v) is 3.80. The number of aliphatic hydroxyl groups is 1. The number of carbonyl (C=O) groups excluding carboxylic acids is 1. The summed E-state index contributed by atoms with van der Waals surface area (Å²) in [7, 11) is 1.74. The Labute approximate surface area is 185 Å². The molecule has 1 atom stereocenters. The highest BCUT2D eigenvalue weighted by Gasteiger charge is 2.20. The Morgan fingerprint density at radius 1 is 1.28 bits per heavy atom. The smallest absolute Gasteiger partial charge is 0.284 e.